The molecule has 3 heterocycles. The van der Waals surface area contributed by atoms with Gasteiger partial charge in [-0.1, -0.05) is 170 Å². The standard InChI is InChI=1S/C55H32N4O/c1-2-17-36(18-3-1)48-38-20-8-4-14-33(38)27-30-44(48)53-56-54(45-32-37-19-7-11-23-41(37)52-50(45)42-24-12-13-25-47(42)60-52)58-55(57-53)59-46-31-28-34-15-5-9-21-39(34)49(46)43-29-26-35-16-6-10-22-40(35)51(43)59/h1-32H. The Morgan fingerprint density at radius 3 is 1.77 bits per heavy atom. The van der Waals surface area contributed by atoms with Gasteiger partial charge in [-0.2, -0.15) is 9.97 Å². The minimum absolute atomic E-state index is 0.544. The molecule has 60 heavy (non-hydrogen) atoms. The van der Waals surface area contributed by atoms with E-state index in [9.17, 15) is 0 Å². The van der Waals surface area contributed by atoms with Crippen LogP contribution in [0.4, 0.5) is 0 Å². The Labute approximate surface area is 343 Å². The normalized spacial score (nSPS) is 12.0. The number of para-hydroxylation sites is 1. The predicted octanol–water partition coefficient (Wildman–Crippen LogP) is 14.5. The molecule has 0 spiro atoms. The van der Waals surface area contributed by atoms with E-state index in [1.54, 1.807) is 0 Å². The maximum Gasteiger partial charge on any atom is 0.238 e. The van der Waals surface area contributed by atoms with E-state index in [2.05, 4.69) is 187 Å². The van der Waals surface area contributed by atoms with Crippen LogP contribution in [-0.4, -0.2) is 19.5 Å². The molecule has 0 fully saturated rings. The number of hydrogen-bond acceptors (Lipinski definition) is 4. The maximum atomic E-state index is 6.70. The summed E-state index contributed by atoms with van der Waals surface area (Å²) in [5.74, 6) is 1.70. The zero-order valence-electron chi connectivity index (χ0n) is 32.2. The van der Waals surface area contributed by atoms with Gasteiger partial charge in [0.25, 0.3) is 0 Å². The lowest BCUT2D eigenvalue weighted by Crippen LogP contribution is -2.07. The van der Waals surface area contributed by atoms with Crippen LogP contribution < -0.4 is 0 Å². The molecule has 0 aliphatic carbocycles. The summed E-state index contributed by atoms with van der Waals surface area (Å²) in [6.45, 7) is 0. The van der Waals surface area contributed by atoms with Gasteiger partial charge >= 0.3 is 0 Å². The van der Waals surface area contributed by atoms with Gasteiger partial charge in [0.05, 0.1) is 11.0 Å². The molecule has 10 aromatic carbocycles. The van der Waals surface area contributed by atoms with Crippen molar-refractivity contribution in [3.05, 3.63) is 194 Å². The third kappa shape index (κ3) is 4.77. The fourth-order valence-corrected chi connectivity index (χ4v) is 9.57. The van der Waals surface area contributed by atoms with E-state index in [4.69, 9.17) is 19.4 Å². The first-order chi connectivity index (χ1) is 29.8. The van der Waals surface area contributed by atoms with Gasteiger partial charge in [-0.15, -0.1) is 0 Å². The molecule has 0 aliphatic rings. The lowest BCUT2D eigenvalue weighted by Gasteiger charge is -2.16. The second-order valence-electron chi connectivity index (χ2n) is 15.5. The smallest absolute Gasteiger partial charge is 0.238 e. The fraction of sp³-hybridized carbons (Fsp3) is 0. The molecule has 0 saturated carbocycles. The quantitative estimate of drug-likeness (QED) is 0.179. The number of nitrogens with zero attached hydrogens (tertiary/aromatic N) is 4. The first-order valence-corrected chi connectivity index (χ1v) is 20.3. The van der Waals surface area contributed by atoms with Crippen LogP contribution >= 0.6 is 0 Å². The molecule has 5 nitrogen and oxygen atoms in total. The summed E-state index contributed by atoms with van der Waals surface area (Å²) in [4.78, 5) is 16.6. The van der Waals surface area contributed by atoms with Crippen LogP contribution in [-0.2, 0) is 0 Å². The fourth-order valence-electron chi connectivity index (χ4n) is 9.57. The Kier molecular flexibility index (Phi) is 6.95. The van der Waals surface area contributed by atoms with Crippen molar-refractivity contribution in [2.45, 2.75) is 0 Å². The number of hydrogen-bond donors (Lipinski definition) is 0. The zero-order chi connectivity index (χ0) is 39.3. The maximum absolute atomic E-state index is 6.70. The Morgan fingerprint density at radius 2 is 0.967 bits per heavy atom. The summed E-state index contributed by atoms with van der Waals surface area (Å²) in [7, 11) is 0. The molecule has 0 N–H and O–H groups in total. The van der Waals surface area contributed by atoms with Crippen molar-refractivity contribution in [3.8, 4) is 39.9 Å². The Hall–Kier alpha value is -8.15. The van der Waals surface area contributed by atoms with Crippen LogP contribution in [0.2, 0.25) is 0 Å². The number of benzene rings is 10. The largest absolute Gasteiger partial charge is 0.455 e. The molecule has 0 radical (unpaired) electrons. The second-order valence-corrected chi connectivity index (χ2v) is 15.5. The molecule has 0 atom stereocenters. The molecule has 13 rings (SSSR count). The summed E-state index contributed by atoms with van der Waals surface area (Å²) in [5.41, 5.74) is 7.71. The molecule has 278 valence electrons. The highest BCUT2D eigenvalue weighted by Crippen LogP contribution is 2.44. The van der Waals surface area contributed by atoms with Crippen molar-refractivity contribution in [1.82, 2.24) is 19.5 Å². The number of fused-ring (bicyclic) bond motifs is 13. The van der Waals surface area contributed by atoms with Crippen LogP contribution in [0, 0.1) is 0 Å². The number of rotatable bonds is 4. The summed E-state index contributed by atoms with van der Waals surface area (Å²) >= 11 is 0. The molecule has 13 aromatic rings. The second kappa shape index (κ2) is 12.7. The third-order valence-corrected chi connectivity index (χ3v) is 12.2. The summed E-state index contributed by atoms with van der Waals surface area (Å²) in [6, 6.07) is 68.5. The number of furan rings is 1. The molecule has 5 heteroatoms. The van der Waals surface area contributed by atoms with Gasteiger partial charge < -0.3 is 4.42 Å². The predicted molar refractivity (Wildman–Crippen MR) is 248 cm³/mol. The number of aromatic nitrogens is 4. The average Bonchev–Trinajstić information content (AvgIpc) is 3.88. The van der Waals surface area contributed by atoms with Crippen LogP contribution in [0.5, 0.6) is 0 Å². The highest BCUT2D eigenvalue weighted by Gasteiger charge is 2.25. The summed E-state index contributed by atoms with van der Waals surface area (Å²) in [5, 5.41) is 13.3. The minimum Gasteiger partial charge on any atom is -0.455 e. The third-order valence-electron chi connectivity index (χ3n) is 12.2. The van der Waals surface area contributed by atoms with E-state index in [-0.39, 0.29) is 0 Å². The van der Waals surface area contributed by atoms with Crippen LogP contribution in [0.25, 0.3) is 127 Å². The van der Waals surface area contributed by atoms with Gasteiger partial charge in [0, 0.05) is 49.0 Å². The van der Waals surface area contributed by atoms with Crippen LogP contribution in [0.3, 0.4) is 0 Å². The lowest BCUT2D eigenvalue weighted by molar-refractivity contribution is 0.672. The molecule has 0 saturated heterocycles. The molecular formula is C55H32N4O. The van der Waals surface area contributed by atoms with Gasteiger partial charge in [-0.05, 0) is 62.1 Å². The molecule has 0 bridgehead atoms. The van der Waals surface area contributed by atoms with E-state index in [0.717, 1.165) is 92.9 Å². The van der Waals surface area contributed by atoms with E-state index < -0.39 is 0 Å². The molecule has 0 amide bonds. The average molecular weight is 765 g/mol. The molecule has 3 aromatic heterocycles. The van der Waals surface area contributed by atoms with Crippen molar-refractivity contribution in [1.29, 1.82) is 0 Å². The zero-order valence-corrected chi connectivity index (χ0v) is 32.2. The molecular weight excluding hydrogens is 733 g/mol. The van der Waals surface area contributed by atoms with Crippen molar-refractivity contribution in [2.24, 2.45) is 0 Å². The van der Waals surface area contributed by atoms with E-state index >= 15 is 0 Å². The topological polar surface area (TPSA) is 56.7 Å². The van der Waals surface area contributed by atoms with Gasteiger partial charge in [-0.25, -0.2) is 4.98 Å². The highest BCUT2D eigenvalue weighted by molar-refractivity contribution is 6.26. The van der Waals surface area contributed by atoms with Crippen molar-refractivity contribution >= 4 is 86.8 Å². The first-order valence-electron chi connectivity index (χ1n) is 20.3. The first kappa shape index (κ1) is 32.9. The minimum atomic E-state index is 0.544. The van der Waals surface area contributed by atoms with Gasteiger partial charge in [0.1, 0.15) is 11.2 Å². The lowest BCUT2D eigenvalue weighted by atomic mass is 9.93. The molecule has 0 unspecified atom stereocenters. The van der Waals surface area contributed by atoms with Crippen LogP contribution in [0.15, 0.2) is 199 Å². The van der Waals surface area contributed by atoms with Crippen molar-refractivity contribution < 1.29 is 4.42 Å². The van der Waals surface area contributed by atoms with Crippen molar-refractivity contribution in [3.63, 3.8) is 0 Å². The van der Waals surface area contributed by atoms with Gasteiger partial charge in [0.2, 0.25) is 5.95 Å². The summed E-state index contributed by atoms with van der Waals surface area (Å²) < 4.78 is 8.97. The highest BCUT2D eigenvalue weighted by atomic mass is 16.3. The summed E-state index contributed by atoms with van der Waals surface area (Å²) in [6.07, 6.45) is 0. The van der Waals surface area contributed by atoms with Gasteiger partial charge in [-0.3, -0.25) is 4.57 Å². The van der Waals surface area contributed by atoms with Crippen molar-refractivity contribution in [2.75, 3.05) is 0 Å². The Balaban J connectivity index is 1.22. The Morgan fingerprint density at radius 1 is 0.383 bits per heavy atom. The monoisotopic (exact) mass is 764 g/mol. The SMILES string of the molecule is c1ccc(-c2c(-c3nc(-c4cc5ccccc5c5oc6ccccc6c45)nc(-n4c5ccc6ccccc6c5c5ccc6ccccc6c54)n3)ccc3ccccc23)cc1. The molecule has 0 aliphatic heterocycles. The Bertz CT molecular complexity index is 3900. The van der Waals surface area contributed by atoms with Crippen LogP contribution in [0.1, 0.15) is 0 Å². The van der Waals surface area contributed by atoms with E-state index in [0.29, 0.717) is 17.6 Å². The van der Waals surface area contributed by atoms with Gasteiger partial charge in [0.15, 0.2) is 11.6 Å². The van der Waals surface area contributed by atoms with E-state index in [1.165, 1.54) is 16.2 Å². The van der Waals surface area contributed by atoms with E-state index in [1.807, 2.05) is 12.1 Å².